The molecule has 2 saturated heterocycles. The number of ether oxygens (including phenoxy) is 1. The zero-order valence-corrected chi connectivity index (χ0v) is 33.3. The highest BCUT2D eigenvalue weighted by molar-refractivity contribution is 6.00. The van der Waals surface area contributed by atoms with Gasteiger partial charge >= 0.3 is 11.4 Å². The van der Waals surface area contributed by atoms with Crippen molar-refractivity contribution in [2.24, 2.45) is 7.05 Å². The molecule has 3 aliphatic rings. The number of H-pyrrole nitrogens is 1. The molecule has 0 bridgehead atoms. The lowest BCUT2D eigenvalue weighted by molar-refractivity contribution is 0.0589. The molecule has 5 aromatic heterocycles. The molecule has 0 radical (unpaired) electrons. The van der Waals surface area contributed by atoms with E-state index in [1.54, 1.807) is 74.2 Å². The van der Waals surface area contributed by atoms with E-state index in [4.69, 9.17) is 14.4 Å². The van der Waals surface area contributed by atoms with Gasteiger partial charge in [-0.2, -0.15) is 10.2 Å². The summed E-state index contributed by atoms with van der Waals surface area (Å²) in [5, 5.41) is 15.1. The quantitative estimate of drug-likeness (QED) is 0.203. The number of aryl methyl sites for hydroxylation is 3. The summed E-state index contributed by atoms with van der Waals surface area (Å²) in [4.78, 5) is 45.8. The van der Waals surface area contributed by atoms with Crippen molar-refractivity contribution in [2.45, 2.75) is 56.9 Å². The second kappa shape index (κ2) is 13.4. The molecule has 1 saturated carbocycles. The van der Waals surface area contributed by atoms with Crippen molar-refractivity contribution in [2.75, 3.05) is 26.3 Å². The number of carbonyl (C=O) groups is 1. The van der Waals surface area contributed by atoms with Gasteiger partial charge in [0.15, 0.2) is 5.82 Å². The lowest BCUT2D eigenvalue weighted by Crippen LogP contribution is -2.49. The summed E-state index contributed by atoms with van der Waals surface area (Å²) in [5.74, 6) is 0.0349. The summed E-state index contributed by atoms with van der Waals surface area (Å²) in [6, 6.07) is 17.5. The Balaban J connectivity index is 0.965. The Morgan fingerprint density at radius 3 is 2.33 bits per heavy atom. The van der Waals surface area contributed by atoms with Crippen LogP contribution in [0.1, 0.15) is 76.1 Å². The van der Waals surface area contributed by atoms with E-state index in [0.717, 1.165) is 53.4 Å². The summed E-state index contributed by atoms with van der Waals surface area (Å²) >= 11 is 0. The number of nitrogens with zero attached hydrogens (tertiary/aromatic N) is 9. The number of aromatic amines is 1. The number of likely N-dealkylation sites (tertiary alicyclic amines) is 1. The second-order valence-corrected chi connectivity index (χ2v) is 16.5. The maximum absolute atomic E-state index is 14.9. The summed E-state index contributed by atoms with van der Waals surface area (Å²) in [7, 11) is 1.87. The molecule has 8 aromatic rings. The zero-order valence-electron chi connectivity index (χ0n) is 33.3. The molecule has 16 heteroatoms. The van der Waals surface area contributed by atoms with Gasteiger partial charge in [0.05, 0.1) is 29.3 Å². The Morgan fingerprint density at radius 2 is 1.60 bits per heavy atom. The molecule has 1 aliphatic carbocycles. The minimum atomic E-state index is -0.723. The lowest BCUT2D eigenvalue weighted by Gasteiger charge is -2.39. The minimum absolute atomic E-state index is 0.153. The summed E-state index contributed by atoms with van der Waals surface area (Å²) in [6.07, 6.45) is 10.2. The van der Waals surface area contributed by atoms with E-state index in [2.05, 4.69) is 33.4 Å². The molecule has 15 nitrogen and oxygen atoms in total. The SMILES string of the molecule is Cc1cc(-n2ncc(C3CN(C(=O)c4cc5cc(C6CCOCC6)ccc5n4C4(c5noc(=O)[nH]5)CC4)C3)c2-n2ccn(-c3ccc4c(cnn4C)c3)c2=O)cc(C)c1F. The number of rotatable bonds is 8. The zero-order chi connectivity index (χ0) is 41.0. The van der Waals surface area contributed by atoms with Crippen molar-refractivity contribution in [3.05, 3.63) is 140 Å². The van der Waals surface area contributed by atoms with Crippen LogP contribution in [0.3, 0.4) is 0 Å². The fraction of sp³-hybridized carbons (Fsp3) is 0.318. The third-order valence-electron chi connectivity index (χ3n) is 12.8. The number of imidazole rings is 1. The van der Waals surface area contributed by atoms with Crippen LogP contribution in [0.2, 0.25) is 0 Å². The largest absolute Gasteiger partial charge is 0.438 e. The van der Waals surface area contributed by atoms with E-state index >= 15 is 0 Å². The van der Waals surface area contributed by atoms with Gasteiger partial charge in [0, 0.05) is 73.5 Å². The van der Waals surface area contributed by atoms with Crippen LogP contribution in [-0.2, 0) is 17.3 Å². The van der Waals surface area contributed by atoms with Crippen molar-refractivity contribution in [1.29, 1.82) is 0 Å². The van der Waals surface area contributed by atoms with Crippen molar-refractivity contribution >= 4 is 27.7 Å². The van der Waals surface area contributed by atoms with Gasteiger partial charge in [-0.05, 0) is 111 Å². The Kier molecular flexibility index (Phi) is 8.08. The van der Waals surface area contributed by atoms with Crippen LogP contribution in [-0.4, -0.2) is 80.5 Å². The fourth-order valence-corrected chi connectivity index (χ4v) is 9.41. The average molecular weight is 809 g/mol. The molecule has 304 valence electrons. The number of carbonyl (C=O) groups excluding carboxylic acids is 1. The summed E-state index contributed by atoms with van der Waals surface area (Å²) < 4.78 is 34.1. The van der Waals surface area contributed by atoms with Gasteiger partial charge in [0.2, 0.25) is 0 Å². The molecular formula is C44H41FN10O5. The Bertz CT molecular complexity index is 3120. The van der Waals surface area contributed by atoms with Crippen LogP contribution < -0.4 is 11.4 Å². The van der Waals surface area contributed by atoms with E-state index in [9.17, 15) is 18.8 Å². The van der Waals surface area contributed by atoms with Crippen LogP contribution in [0.15, 0.2) is 93.5 Å². The summed E-state index contributed by atoms with van der Waals surface area (Å²) in [6.45, 7) is 5.60. The molecule has 3 aromatic carbocycles. The van der Waals surface area contributed by atoms with Gasteiger partial charge in [-0.15, -0.1) is 0 Å². The Morgan fingerprint density at radius 1 is 0.850 bits per heavy atom. The number of benzene rings is 3. The molecule has 3 fully saturated rings. The number of fused-ring (bicyclic) bond motifs is 2. The maximum Gasteiger partial charge on any atom is 0.438 e. The number of hydrogen-bond acceptors (Lipinski definition) is 8. The number of aromatic nitrogens is 9. The first kappa shape index (κ1) is 36.3. The van der Waals surface area contributed by atoms with Crippen molar-refractivity contribution in [3.63, 3.8) is 0 Å². The van der Waals surface area contributed by atoms with E-state index in [0.29, 0.717) is 71.7 Å². The predicted molar refractivity (Wildman–Crippen MR) is 219 cm³/mol. The van der Waals surface area contributed by atoms with Crippen molar-refractivity contribution < 1.29 is 18.4 Å². The smallest absolute Gasteiger partial charge is 0.381 e. The molecule has 1 N–H and O–H groups in total. The van der Waals surface area contributed by atoms with Gasteiger partial charge in [0.25, 0.3) is 5.91 Å². The van der Waals surface area contributed by atoms with E-state index < -0.39 is 11.3 Å². The Labute approximate surface area is 341 Å². The van der Waals surface area contributed by atoms with Crippen LogP contribution in [0.5, 0.6) is 0 Å². The molecule has 60 heavy (non-hydrogen) atoms. The molecule has 1 amide bonds. The van der Waals surface area contributed by atoms with Gasteiger partial charge in [-0.25, -0.2) is 18.7 Å². The lowest BCUT2D eigenvalue weighted by atomic mass is 9.91. The van der Waals surface area contributed by atoms with Crippen LogP contribution in [0.4, 0.5) is 4.39 Å². The standard InChI is InChI=1S/C44H41FN10O5/c1-25-16-33(17-26(2)38(25)45)55-39(53-13-12-52(43(53)58)32-5-7-35-30(19-32)21-46-50(35)3)34(22-47-55)31-23-51(24-31)40(56)37-20-29-18-28(27-8-14-59-15-9-27)4-6-36(29)54(37)44(10-11-44)41-48-42(57)60-49-41/h4-7,12-13,16-22,27,31H,8-11,14-15,23-24H2,1-3H3,(H,48,49,57). The van der Waals surface area contributed by atoms with Crippen molar-refractivity contribution in [1.82, 2.24) is 48.3 Å². The predicted octanol–water partition coefficient (Wildman–Crippen LogP) is 5.76. The highest BCUT2D eigenvalue weighted by Gasteiger charge is 2.52. The van der Waals surface area contributed by atoms with Gasteiger partial charge in [0.1, 0.15) is 22.9 Å². The third kappa shape index (κ3) is 5.57. The molecule has 7 heterocycles. The number of amides is 1. The van der Waals surface area contributed by atoms with E-state index in [1.807, 2.05) is 35.9 Å². The molecule has 2 aliphatic heterocycles. The van der Waals surface area contributed by atoms with Crippen LogP contribution >= 0.6 is 0 Å². The van der Waals surface area contributed by atoms with Gasteiger partial charge < -0.3 is 14.2 Å². The van der Waals surface area contributed by atoms with Crippen molar-refractivity contribution in [3.8, 4) is 17.2 Å². The highest BCUT2D eigenvalue weighted by atomic mass is 19.1. The topological polar surface area (TPSA) is 156 Å². The van der Waals surface area contributed by atoms with Gasteiger partial charge in [-0.1, -0.05) is 11.2 Å². The normalized spacial score (nSPS) is 16.9. The van der Waals surface area contributed by atoms with E-state index in [1.165, 1.54) is 5.56 Å². The average Bonchev–Trinajstić information content (AvgIpc) is 3.72. The first-order valence-corrected chi connectivity index (χ1v) is 20.2. The fourth-order valence-electron chi connectivity index (χ4n) is 9.41. The van der Waals surface area contributed by atoms with Crippen LogP contribution in [0, 0.1) is 19.7 Å². The highest BCUT2D eigenvalue weighted by Crippen LogP contribution is 2.51. The van der Waals surface area contributed by atoms with Gasteiger partial charge in [-0.3, -0.25) is 28.1 Å². The van der Waals surface area contributed by atoms with Crippen LogP contribution in [0.25, 0.3) is 39.0 Å². The maximum atomic E-state index is 14.9. The molecular weight excluding hydrogens is 768 g/mol. The summed E-state index contributed by atoms with van der Waals surface area (Å²) in [5.41, 5.74) is 5.49. The molecule has 11 rings (SSSR count). The molecule has 0 atom stereocenters. The molecule has 0 spiro atoms. The van der Waals surface area contributed by atoms with E-state index in [-0.39, 0.29) is 23.3 Å². The number of halogens is 1. The number of nitrogens with one attached hydrogen (secondary N) is 1. The second-order valence-electron chi connectivity index (χ2n) is 16.5. The first-order chi connectivity index (χ1) is 29.1. The number of hydrogen-bond donors (Lipinski definition) is 1. The first-order valence-electron chi connectivity index (χ1n) is 20.2. The molecule has 0 unspecified atom stereocenters. The Hall–Kier alpha value is -6.81. The monoisotopic (exact) mass is 808 g/mol. The third-order valence-corrected chi connectivity index (χ3v) is 12.8. The minimum Gasteiger partial charge on any atom is -0.381 e.